The molecule has 5 heteroatoms. The highest BCUT2D eigenvalue weighted by Gasteiger charge is 2.28. The number of nitrogens with one attached hydrogen (secondary N) is 1. The van der Waals surface area contributed by atoms with Crippen molar-refractivity contribution in [2.75, 3.05) is 0 Å². The molecule has 0 spiro atoms. The predicted molar refractivity (Wildman–Crippen MR) is 84.1 cm³/mol. The molecule has 0 aromatic carbocycles. The van der Waals surface area contributed by atoms with Crippen molar-refractivity contribution in [1.82, 2.24) is 15.1 Å². The molecule has 1 saturated carbocycles. The van der Waals surface area contributed by atoms with Gasteiger partial charge in [-0.1, -0.05) is 18.9 Å². The highest BCUT2D eigenvalue weighted by Crippen LogP contribution is 2.37. The summed E-state index contributed by atoms with van der Waals surface area (Å²) in [4.78, 5) is 13.6. The van der Waals surface area contributed by atoms with E-state index in [1.165, 1.54) is 30.6 Å². The van der Waals surface area contributed by atoms with Crippen LogP contribution in [0.1, 0.15) is 42.2 Å². The van der Waals surface area contributed by atoms with E-state index in [0.717, 1.165) is 5.56 Å². The Balaban J connectivity index is 1.67. The molecular weight excluding hydrogens is 282 g/mol. The first-order chi connectivity index (χ1) is 10.2. The number of aryl methyl sites for hydroxylation is 1. The number of carbonyl (C=O) groups is 1. The smallest absolute Gasteiger partial charge is 0.242 e. The van der Waals surface area contributed by atoms with Crippen LogP contribution in [-0.4, -0.2) is 15.7 Å². The zero-order valence-corrected chi connectivity index (χ0v) is 13.1. The van der Waals surface area contributed by atoms with Gasteiger partial charge in [0.15, 0.2) is 0 Å². The molecule has 4 nitrogen and oxygen atoms in total. The number of thiophene rings is 1. The summed E-state index contributed by atoms with van der Waals surface area (Å²) in [5.41, 5.74) is 1.08. The monoisotopic (exact) mass is 303 g/mol. The molecule has 1 aliphatic rings. The lowest BCUT2D eigenvalue weighted by molar-refractivity contribution is -0.123. The van der Waals surface area contributed by atoms with Gasteiger partial charge in [0.1, 0.15) is 6.54 Å². The number of hydrogen-bond donors (Lipinski definition) is 1. The minimum absolute atomic E-state index is 0.0448. The fourth-order valence-electron chi connectivity index (χ4n) is 3.10. The third-order valence-corrected chi connectivity index (χ3v) is 5.06. The van der Waals surface area contributed by atoms with Gasteiger partial charge in [0.2, 0.25) is 5.91 Å². The lowest BCUT2D eigenvalue weighted by atomic mass is 9.96. The van der Waals surface area contributed by atoms with Crippen molar-refractivity contribution in [3.63, 3.8) is 0 Å². The van der Waals surface area contributed by atoms with Crippen LogP contribution in [0.25, 0.3) is 0 Å². The van der Waals surface area contributed by atoms with E-state index < -0.39 is 0 Å². The van der Waals surface area contributed by atoms with Crippen molar-refractivity contribution < 1.29 is 4.79 Å². The van der Waals surface area contributed by atoms with Gasteiger partial charge < -0.3 is 5.32 Å². The first-order valence-electron chi connectivity index (χ1n) is 7.54. The maximum atomic E-state index is 12.3. The Morgan fingerprint density at radius 2 is 2.33 bits per heavy atom. The number of nitrogens with zero attached hydrogens (tertiary/aromatic N) is 2. The number of hydrogen-bond acceptors (Lipinski definition) is 3. The molecule has 1 unspecified atom stereocenters. The van der Waals surface area contributed by atoms with Gasteiger partial charge in [0, 0.05) is 11.1 Å². The van der Waals surface area contributed by atoms with Gasteiger partial charge >= 0.3 is 0 Å². The molecule has 21 heavy (non-hydrogen) atoms. The van der Waals surface area contributed by atoms with E-state index in [2.05, 4.69) is 27.9 Å². The Labute approximate surface area is 129 Å². The highest BCUT2D eigenvalue weighted by atomic mass is 32.1. The first-order valence-corrected chi connectivity index (χ1v) is 8.42. The van der Waals surface area contributed by atoms with E-state index in [1.54, 1.807) is 22.2 Å². The number of aromatic nitrogens is 2. The molecule has 1 atom stereocenters. The number of carbonyl (C=O) groups excluding carboxylic acids is 1. The van der Waals surface area contributed by atoms with Crippen LogP contribution in [0.4, 0.5) is 0 Å². The lowest BCUT2D eigenvalue weighted by Gasteiger charge is -2.23. The van der Waals surface area contributed by atoms with E-state index in [1.807, 2.05) is 13.1 Å². The maximum absolute atomic E-state index is 12.3. The molecule has 2 aromatic heterocycles. The Morgan fingerprint density at radius 1 is 1.52 bits per heavy atom. The Bertz CT molecular complexity index is 584. The van der Waals surface area contributed by atoms with Crippen LogP contribution < -0.4 is 5.32 Å². The average Bonchev–Trinajstić information content (AvgIpc) is 3.19. The Kier molecular flexibility index (Phi) is 4.39. The minimum atomic E-state index is 0.0448. The van der Waals surface area contributed by atoms with Crippen LogP contribution in [0.15, 0.2) is 29.9 Å². The van der Waals surface area contributed by atoms with Crippen LogP contribution >= 0.6 is 11.3 Å². The lowest BCUT2D eigenvalue weighted by Crippen LogP contribution is -2.34. The molecular formula is C16H21N3OS. The average molecular weight is 303 g/mol. The summed E-state index contributed by atoms with van der Waals surface area (Å²) in [7, 11) is 0. The van der Waals surface area contributed by atoms with Gasteiger partial charge in [-0.3, -0.25) is 9.48 Å². The van der Waals surface area contributed by atoms with Crippen LogP contribution in [0.2, 0.25) is 0 Å². The molecule has 2 aromatic rings. The van der Waals surface area contributed by atoms with Crippen molar-refractivity contribution >= 4 is 17.2 Å². The summed E-state index contributed by atoms with van der Waals surface area (Å²) >= 11 is 1.73. The molecule has 1 fully saturated rings. The summed E-state index contributed by atoms with van der Waals surface area (Å²) in [6.07, 6.45) is 8.66. The summed E-state index contributed by atoms with van der Waals surface area (Å²) in [6.45, 7) is 2.27. The van der Waals surface area contributed by atoms with E-state index in [-0.39, 0.29) is 11.9 Å². The molecule has 3 rings (SSSR count). The summed E-state index contributed by atoms with van der Waals surface area (Å²) < 4.78 is 1.70. The number of rotatable bonds is 5. The third kappa shape index (κ3) is 3.53. The molecule has 112 valence electrons. The zero-order valence-electron chi connectivity index (χ0n) is 12.3. The first kappa shape index (κ1) is 14.3. The standard InChI is InChI=1S/C16H21N3OS/c1-12-9-17-19(10-12)11-15(20)18-16(13-5-2-3-6-13)14-7-4-8-21-14/h4,7-10,13,16H,2-3,5-6,11H2,1H3,(H,18,20). The fraction of sp³-hybridized carbons (Fsp3) is 0.500. The summed E-state index contributed by atoms with van der Waals surface area (Å²) in [5.74, 6) is 0.621. The Morgan fingerprint density at radius 3 is 2.95 bits per heavy atom. The van der Waals surface area contributed by atoms with Gasteiger partial charge in [-0.25, -0.2) is 0 Å². The second-order valence-electron chi connectivity index (χ2n) is 5.82. The van der Waals surface area contributed by atoms with Crippen LogP contribution in [0.3, 0.4) is 0 Å². The van der Waals surface area contributed by atoms with Gasteiger partial charge in [-0.15, -0.1) is 11.3 Å². The molecule has 0 bridgehead atoms. The fourth-order valence-corrected chi connectivity index (χ4v) is 3.97. The predicted octanol–water partition coefficient (Wildman–Crippen LogP) is 3.30. The van der Waals surface area contributed by atoms with E-state index in [9.17, 15) is 4.79 Å². The summed E-state index contributed by atoms with van der Waals surface area (Å²) in [6, 6.07) is 4.36. The third-order valence-electron chi connectivity index (χ3n) is 4.11. The molecule has 1 N–H and O–H groups in total. The van der Waals surface area contributed by atoms with Crippen molar-refractivity contribution in [1.29, 1.82) is 0 Å². The molecule has 2 heterocycles. The molecule has 0 aliphatic heterocycles. The molecule has 1 amide bonds. The molecule has 0 radical (unpaired) electrons. The topological polar surface area (TPSA) is 46.9 Å². The largest absolute Gasteiger partial charge is 0.347 e. The SMILES string of the molecule is Cc1cnn(CC(=O)NC(c2cccs2)C2CCCC2)c1. The van der Waals surface area contributed by atoms with E-state index in [0.29, 0.717) is 12.5 Å². The van der Waals surface area contributed by atoms with Gasteiger partial charge in [-0.2, -0.15) is 5.10 Å². The number of amides is 1. The van der Waals surface area contributed by atoms with Gasteiger partial charge in [0.25, 0.3) is 0 Å². The van der Waals surface area contributed by atoms with Crippen LogP contribution in [0.5, 0.6) is 0 Å². The zero-order chi connectivity index (χ0) is 14.7. The second kappa shape index (κ2) is 6.43. The normalized spacial score (nSPS) is 17.0. The second-order valence-corrected chi connectivity index (χ2v) is 6.80. The highest BCUT2D eigenvalue weighted by molar-refractivity contribution is 7.10. The van der Waals surface area contributed by atoms with Crippen molar-refractivity contribution in [2.45, 2.75) is 45.2 Å². The van der Waals surface area contributed by atoms with E-state index in [4.69, 9.17) is 0 Å². The van der Waals surface area contributed by atoms with Gasteiger partial charge in [-0.05, 0) is 42.7 Å². The minimum Gasteiger partial charge on any atom is -0.347 e. The molecule has 0 saturated heterocycles. The van der Waals surface area contributed by atoms with Crippen LogP contribution in [0, 0.1) is 12.8 Å². The quantitative estimate of drug-likeness (QED) is 0.921. The Hall–Kier alpha value is -1.62. The van der Waals surface area contributed by atoms with Crippen molar-refractivity contribution in [2.24, 2.45) is 5.92 Å². The molecule has 1 aliphatic carbocycles. The summed E-state index contributed by atoms with van der Waals surface area (Å²) in [5, 5.41) is 9.50. The van der Waals surface area contributed by atoms with Gasteiger partial charge in [0.05, 0.1) is 12.2 Å². The van der Waals surface area contributed by atoms with Crippen molar-refractivity contribution in [3.8, 4) is 0 Å². The van der Waals surface area contributed by atoms with E-state index >= 15 is 0 Å². The van der Waals surface area contributed by atoms with Crippen molar-refractivity contribution in [3.05, 3.63) is 40.3 Å². The van der Waals surface area contributed by atoms with Crippen LogP contribution in [-0.2, 0) is 11.3 Å². The maximum Gasteiger partial charge on any atom is 0.242 e.